The minimum Gasteiger partial charge on any atom is -0.506 e. The first-order chi connectivity index (χ1) is 19.3. The van der Waals surface area contributed by atoms with E-state index in [1.165, 1.54) is 19.2 Å². The van der Waals surface area contributed by atoms with E-state index in [4.69, 9.17) is 10.5 Å². The van der Waals surface area contributed by atoms with Crippen molar-refractivity contribution in [3.05, 3.63) is 96.1 Å². The first-order valence-corrected chi connectivity index (χ1v) is 12.5. The van der Waals surface area contributed by atoms with Crippen LogP contribution >= 0.6 is 0 Å². The summed E-state index contributed by atoms with van der Waals surface area (Å²) in [5.74, 6) is 0.203. The monoisotopic (exact) mass is 595 g/mol. The zero-order chi connectivity index (χ0) is 28.2. The van der Waals surface area contributed by atoms with Crippen molar-refractivity contribution in [2.75, 3.05) is 18.2 Å². The van der Waals surface area contributed by atoms with Crippen LogP contribution in [0.15, 0.2) is 105 Å². The van der Waals surface area contributed by atoms with Crippen LogP contribution in [-0.4, -0.2) is 17.3 Å². The van der Waals surface area contributed by atoms with Crippen LogP contribution in [-0.2, 0) is 17.1 Å². The Morgan fingerprint density at radius 2 is 1.41 bits per heavy atom. The quantitative estimate of drug-likeness (QED) is 0.0844. The number of phenols is 2. The standard InChI is InChI=1S/C31H28N6O3.Cu/c1-18-4-8-23(9-5-18)34-36-27-16-28(38)26(17-29(27)40-3)35-37-30-19(2)14-20-15-24(12-13-25(20)31(30)39)33-22-10-6-21(32)7-11-22;/h4-17,33,38-39H,32H2,1-3H3;. The van der Waals surface area contributed by atoms with Crippen molar-refractivity contribution in [1.29, 1.82) is 0 Å². The molecule has 0 spiro atoms. The van der Waals surface area contributed by atoms with Crippen molar-refractivity contribution in [2.24, 2.45) is 20.5 Å². The molecule has 9 nitrogen and oxygen atoms in total. The molecule has 0 amide bonds. The van der Waals surface area contributed by atoms with Gasteiger partial charge in [-0.3, -0.25) is 0 Å². The van der Waals surface area contributed by atoms with Crippen molar-refractivity contribution >= 4 is 50.6 Å². The van der Waals surface area contributed by atoms with Crippen LogP contribution in [0.5, 0.6) is 17.2 Å². The Morgan fingerprint density at radius 1 is 0.732 bits per heavy atom. The molecular formula is C31H28CuN6O3. The number of nitrogen functional groups attached to an aromatic ring is 1. The summed E-state index contributed by atoms with van der Waals surface area (Å²) in [7, 11) is 1.49. The summed E-state index contributed by atoms with van der Waals surface area (Å²) in [4.78, 5) is 0. The summed E-state index contributed by atoms with van der Waals surface area (Å²) >= 11 is 0. The Balaban J connectivity index is 0.00000387. The number of azo groups is 2. The molecule has 0 atom stereocenters. The van der Waals surface area contributed by atoms with Crippen LogP contribution in [0.1, 0.15) is 11.1 Å². The maximum atomic E-state index is 11.0. The first kappa shape index (κ1) is 29.1. The fourth-order valence-corrected chi connectivity index (χ4v) is 4.15. The number of phenolic OH excluding ortho intramolecular Hbond substituents is 2. The first-order valence-electron chi connectivity index (χ1n) is 12.5. The normalized spacial score (nSPS) is 11.2. The van der Waals surface area contributed by atoms with E-state index in [-0.39, 0.29) is 34.3 Å². The van der Waals surface area contributed by atoms with Crippen LogP contribution in [0.25, 0.3) is 10.8 Å². The van der Waals surface area contributed by atoms with E-state index in [1.807, 2.05) is 86.6 Å². The Bertz CT molecular complexity index is 1750. The number of fused-ring (bicyclic) bond motifs is 1. The molecule has 0 fully saturated rings. The van der Waals surface area contributed by atoms with E-state index in [9.17, 15) is 10.2 Å². The second-order valence-corrected chi connectivity index (χ2v) is 9.32. The van der Waals surface area contributed by atoms with E-state index >= 15 is 0 Å². The Morgan fingerprint density at radius 3 is 2.12 bits per heavy atom. The van der Waals surface area contributed by atoms with Gasteiger partial charge in [0.15, 0.2) is 5.75 Å². The number of methoxy groups -OCH3 is 1. The van der Waals surface area contributed by atoms with Crippen molar-refractivity contribution in [3.8, 4) is 17.2 Å². The third kappa shape index (κ3) is 6.63. The third-order valence-electron chi connectivity index (χ3n) is 6.32. The number of nitrogens with zero attached hydrogens (tertiary/aromatic N) is 4. The second kappa shape index (κ2) is 12.5. The van der Waals surface area contributed by atoms with Gasteiger partial charge in [0.25, 0.3) is 0 Å². The summed E-state index contributed by atoms with van der Waals surface area (Å²) in [6.45, 7) is 3.83. The molecule has 0 heterocycles. The SMILES string of the molecule is COc1cc(N=Nc2c(C)cc3cc(Nc4ccc(N)cc4)ccc3c2O)c(O)cc1N=Nc1ccc(C)cc1.[Cu]. The molecule has 5 N–H and O–H groups in total. The Hall–Kier alpha value is -4.92. The van der Waals surface area contributed by atoms with Crippen molar-refractivity contribution in [2.45, 2.75) is 13.8 Å². The van der Waals surface area contributed by atoms with E-state index in [0.29, 0.717) is 39.4 Å². The molecule has 211 valence electrons. The number of aromatic hydroxyl groups is 2. The molecule has 1 radical (unpaired) electrons. The molecular weight excluding hydrogens is 568 g/mol. The number of nitrogens with one attached hydrogen (secondary N) is 1. The number of benzene rings is 5. The molecule has 41 heavy (non-hydrogen) atoms. The van der Waals surface area contributed by atoms with Gasteiger partial charge in [0.1, 0.15) is 28.6 Å². The fourth-order valence-electron chi connectivity index (χ4n) is 4.15. The van der Waals surface area contributed by atoms with Crippen LogP contribution in [0, 0.1) is 13.8 Å². The summed E-state index contributed by atoms with van der Waals surface area (Å²) < 4.78 is 5.44. The van der Waals surface area contributed by atoms with Crippen LogP contribution in [0.3, 0.4) is 0 Å². The van der Waals surface area contributed by atoms with Gasteiger partial charge in [-0.05, 0) is 85.5 Å². The summed E-state index contributed by atoms with van der Waals surface area (Å²) in [5.41, 5.74) is 11.5. The summed E-state index contributed by atoms with van der Waals surface area (Å²) in [5, 5.41) is 43.3. The molecule has 0 aliphatic carbocycles. The zero-order valence-electron chi connectivity index (χ0n) is 22.6. The van der Waals surface area contributed by atoms with Gasteiger partial charge in [0.05, 0.1) is 12.8 Å². The number of anilines is 3. The predicted octanol–water partition coefficient (Wildman–Crippen LogP) is 9.03. The summed E-state index contributed by atoms with van der Waals surface area (Å²) in [6, 6.07) is 25.5. The molecule has 0 saturated heterocycles. The largest absolute Gasteiger partial charge is 0.506 e. The van der Waals surface area contributed by atoms with Crippen molar-refractivity contribution in [1.82, 2.24) is 0 Å². The van der Waals surface area contributed by atoms with Gasteiger partial charge in [-0.1, -0.05) is 17.7 Å². The Labute approximate surface area is 247 Å². The molecule has 0 unspecified atom stereocenters. The van der Waals surface area contributed by atoms with E-state index in [1.54, 1.807) is 0 Å². The smallest absolute Gasteiger partial charge is 0.151 e. The number of hydrogen-bond acceptors (Lipinski definition) is 9. The number of ether oxygens (including phenoxy) is 1. The van der Waals surface area contributed by atoms with Crippen LogP contribution < -0.4 is 15.8 Å². The third-order valence-corrected chi connectivity index (χ3v) is 6.32. The number of nitrogens with two attached hydrogens (primary N) is 1. The van der Waals surface area contributed by atoms with Gasteiger partial charge >= 0.3 is 0 Å². The molecule has 0 aliphatic heterocycles. The Kier molecular flexibility index (Phi) is 8.87. The minimum atomic E-state index is -0.154. The van der Waals surface area contributed by atoms with Gasteiger partial charge in [0, 0.05) is 51.6 Å². The molecule has 5 aromatic carbocycles. The molecule has 0 saturated carbocycles. The van der Waals surface area contributed by atoms with E-state index < -0.39 is 0 Å². The summed E-state index contributed by atoms with van der Waals surface area (Å²) in [6.07, 6.45) is 0. The molecule has 5 rings (SSSR count). The minimum absolute atomic E-state index is 0. The zero-order valence-corrected chi connectivity index (χ0v) is 23.5. The molecule has 0 aromatic heterocycles. The van der Waals surface area contributed by atoms with Gasteiger partial charge in [-0.25, -0.2) is 0 Å². The van der Waals surface area contributed by atoms with Gasteiger partial charge < -0.3 is 26.0 Å². The van der Waals surface area contributed by atoms with E-state index in [2.05, 4.69) is 25.8 Å². The number of hydrogen-bond donors (Lipinski definition) is 4. The molecule has 5 aromatic rings. The van der Waals surface area contributed by atoms with Gasteiger partial charge in [0.2, 0.25) is 0 Å². The number of rotatable bonds is 7. The van der Waals surface area contributed by atoms with Crippen LogP contribution in [0.4, 0.5) is 39.8 Å². The van der Waals surface area contributed by atoms with Crippen LogP contribution in [0.2, 0.25) is 0 Å². The average Bonchev–Trinajstić information content (AvgIpc) is 2.94. The fraction of sp³-hybridized carbons (Fsp3) is 0.0968. The topological polar surface area (TPSA) is 137 Å². The molecule has 0 bridgehead atoms. The maximum Gasteiger partial charge on any atom is 0.151 e. The maximum absolute atomic E-state index is 11.0. The molecule has 0 aliphatic rings. The van der Waals surface area contributed by atoms with Gasteiger partial charge in [-0.2, -0.15) is 5.11 Å². The molecule has 10 heteroatoms. The average molecular weight is 596 g/mol. The van der Waals surface area contributed by atoms with Crippen molar-refractivity contribution < 1.29 is 32.0 Å². The predicted molar refractivity (Wildman–Crippen MR) is 159 cm³/mol. The van der Waals surface area contributed by atoms with E-state index in [0.717, 1.165) is 22.3 Å². The number of aryl methyl sites for hydroxylation is 2. The second-order valence-electron chi connectivity index (χ2n) is 9.32. The van der Waals surface area contributed by atoms with Crippen molar-refractivity contribution in [3.63, 3.8) is 0 Å². The van der Waals surface area contributed by atoms with Gasteiger partial charge in [-0.15, -0.1) is 15.3 Å².